The quantitative estimate of drug-likeness (QED) is 0.680. The Morgan fingerprint density at radius 3 is 2.81 bits per heavy atom. The van der Waals surface area contributed by atoms with E-state index in [1.807, 2.05) is 43.3 Å². The van der Waals surface area contributed by atoms with Crippen molar-refractivity contribution in [2.24, 2.45) is 5.10 Å². The standard InChI is InChI=1S/C16H15BrN2O2/c1-11-4-3-5-12(8-11)16(20)19-18-10-13-9-14(17)6-7-15(13)21-2/h3-10H,1-2H3,(H,19,20). The molecule has 0 spiro atoms. The van der Waals surface area contributed by atoms with Crippen molar-refractivity contribution < 1.29 is 9.53 Å². The van der Waals surface area contributed by atoms with E-state index in [9.17, 15) is 4.79 Å². The topological polar surface area (TPSA) is 50.7 Å². The summed E-state index contributed by atoms with van der Waals surface area (Å²) in [5, 5.41) is 3.97. The minimum Gasteiger partial charge on any atom is -0.496 e. The van der Waals surface area contributed by atoms with Crippen LogP contribution >= 0.6 is 15.9 Å². The molecule has 108 valence electrons. The molecule has 4 nitrogen and oxygen atoms in total. The van der Waals surface area contributed by atoms with Crippen LogP contribution in [0.2, 0.25) is 0 Å². The zero-order valence-electron chi connectivity index (χ0n) is 11.8. The molecule has 5 heteroatoms. The van der Waals surface area contributed by atoms with Crippen LogP contribution in [0.4, 0.5) is 0 Å². The van der Waals surface area contributed by atoms with E-state index >= 15 is 0 Å². The maximum atomic E-state index is 11.9. The second-order valence-electron chi connectivity index (χ2n) is 4.45. The van der Waals surface area contributed by atoms with Crippen LogP contribution < -0.4 is 10.2 Å². The Labute approximate surface area is 132 Å². The first-order chi connectivity index (χ1) is 10.1. The molecule has 1 N–H and O–H groups in total. The molecule has 0 saturated carbocycles. The average molecular weight is 347 g/mol. The van der Waals surface area contributed by atoms with Crippen molar-refractivity contribution in [3.63, 3.8) is 0 Å². The lowest BCUT2D eigenvalue weighted by Crippen LogP contribution is -2.17. The van der Waals surface area contributed by atoms with Crippen LogP contribution in [0.5, 0.6) is 5.75 Å². The van der Waals surface area contributed by atoms with E-state index in [-0.39, 0.29) is 5.91 Å². The van der Waals surface area contributed by atoms with Crippen LogP contribution in [-0.2, 0) is 0 Å². The molecule has 0 atom stereocenters. The molecule has 2 aromatic carbocycles. The molecule has 0 heterocycles. The summed E-state index contributed by atoms with van der Waals surface area (Å²) >= 11 is 3.39. The summed E-state index contributed by atoms with van der Waals surface area (Å²) in [6, 6.07) is 12.9. The van der Waals surface area contributed by atoms with Crippen LogP contribution in [0.1, 0.15) is 21.5 Å². The molecule has 0 radical (unpaired) electrons. The summed E-state index contributed by atoms with van der Waals surface area (Å²) in [7, 11) is 1.59. The van der Waals surface area contributed by atoms with Gasteiger partial charge in [-0.3, -0.25) is 4.79 Å². The predicted octanol–water partition coefficient (Wildman–Crippen LogP) is 3.53. The van der Waals surface area contributed by atoms with E-state index in [4.69, 9.17) is 4.74 Å². The van der Waals surface area contributed by atoms with Gasteiger partial charge in [-0.05, 0) is 37.3 Å². The maximum Gasteiger partial charge on any atom is 0.271 e. The Morgan fingerprint density at radius 2 is 2.10 bits per heavy atom. The third kappa shape index (κ3) is 4.16. The highest BCUT2D eigenvalue weighted by molar-refractivity contribution is 9.10. The Kier molecular flexibility index (Phi) is 5.11. The molecule has 2 aromatic rings. The highest BCUT2D eigenvalue weighted by Crippen LogP contribution is 2.21. The smallest absolute Gasteiger partial charge is 0.271 e. The van der Waals surface area contributed by atoms with E-state index in [2.05, 4.69) is 26.5 Å². The van der Waals surface area contributed by atoms with Gasteiger partial charge in [-0.25, -0.2) is 5.43 Å². The fourth-order valence-electron chi connectivity index (χ4n) is 1.82. The highest BCUT2D eigenvalue weighted by atomic mass is 79.9. The number of rotatable bonds is 4. The molecule has 0 aliphatic rings. The highest BCUT2D eigenvalue weighted by Gasteiger charge is 2.04. The van der Waals surface area contributed by atoms with Gasteiger partial charge in [0.1, 0.15) is 5.75 Å². The third-order valence-electron chi connectivity index (χ3n) is 2.84. The van der Waals surface area contributed by atoms with Crippen molar-refractivity contribution in [1.29, 1.82) is 0 Å². The first-order valence-electron chi connectivity index (χ1n) is 6.34. The summed E-state index contributed by atoms with van der Waals surface area (Å²) in [6.45, 7) is 1.94. The number of hydrogen-bond donors (Lipinski definition) is 1. The molecule has 1 amide bonds. The average Bonchev–Trinajstić information content (AvgIpc) is 2.47. The number of hydrogen-bond acceptors (Lipinski definition) is 3. The van der Waals surface area contributed by atoms with Crippen LogP contribution in [0, 0.1) is 6.92 Å². The zero-order valence-corrected chi connectivity index (χ0v) is 13.3. The largest absolute Gasteiger partial charge is 0.496 e. The Hall–Kier alpha value is -2.14. The number of methoxy groups -OCH3 is 1. The van der Waals surface area contributed by atoms with Crippen molar-refractivity contribution in [2.75, 3.05) is 7.11 Å². The van der Waals surface area contributed by atoms with Gasteiger partial charge < -0.3 is 4.74 Å². The number of halogens is 1. The first kappa shape index (κ1) is 15.3. The van der Waals surface area contributed by atoms with Gasteiger partial charge in [0.25, 0.3) is 5.91 Å². The summed E-state index contributed by atoms with van der Waals surface area (Å²) in [6.07, 6.45) is 1.55. The van der Waals surface area contributed by atoms with Gasteiger partial charge in [-0.1, -0.05) is 33.6 Å². The SMILES string of the molecule is COc1ccc(Br)cc1C=NNC(=O)c1cccc(C)c1. The second kappa shape index (κ2) is 7.04. The first-order valence-corrected chi connectivity index (χ1v) is 7.13. The third-order valence-corrected chi connectivity index (χ3v) is 3.33. The molecule has 0 aliphatic heterocycles. The number of nitrogens with one attached hydrogen (secondary N) is 1. The lowest BCUT2D eigenvalue weighted by Gasteiger charge is -2.05. The van der Waals surface area contributed by atoms with Gasteiger partial charge >= 0.3 is 0 Å². The molecular formula is C16H15BrN2O2. The molecule has 2 rings (SSSR count). The van der Waals surface area contributed by atoms with E-state index in [1.54, 1.807) is 19.4 Å². The van der Waals surface area contributed by atoms with E-state index < -0.39 is 0 Å². The number of carbonyl (C=O) groups excluding carboxylic acids is 1. The monoisotopic (exact) mass is 346 g/mol. The van der Waals surface area contributed by atoms with Crippen LogP contribution in [-0.4, -0.2) is 19.2 Å². The van der Waals surface area contributed by atoms with Crippen LogP contribution in [0.15, 0.2) is 52.0 Å². The number of ether oxygens (including phenoxy) is 1. The zero-order chi connectivity index (χ0) is 15.2. The molecule has 0 saturated heterocycles. The summed E-state index contributed by atoms with van der Waals surface area (Å²) in [5.41, 5.74) is 4.88. The van der Waals surface area contributed by atoms with Gasteiger partial charge in [0.2, 0.25) is 0 Å². The van der Waals surface area contributed by atoms with E-state index in [1.165, 1.54) is 0 Å². The van der Waals surface area contributed by atoms with Crippen molar-refractivity contribution in [3.05, 3.63) is 63.6 Å². The Balaban J connectivity index is 2.09. The fourth-order valence-corrected chi connectivity index (χ4v) is 2.20. The summed E-state index contributed by atoms with van der Waals surface area (Å²) < 4.78 is 6.15. The van der Waals surface area contributed by atoms with E-state index in [0.29, 0.717) is 11.3 Å². The molecule has 21 heavy (non-hydrogen) atoms. The number of hydrazone groups is 1. The fraction of sp³-hybridized carbons (Fsp3) is 0.125. The lowest BCUT2D eigenvalue weighted by molar-refractivity contribution is 0.0955. The number of amides is 1. The van der Waals surface area contributed by atoms with Crippen molar-refractivity contribution >= 4 is 28.1 Å². The van der Waals surface area contributed by atoms with Crippen molar-refractivity contribution in [2.45, 2.75) is 6.92 Å². The number of benzene rings is 2. The molecule has 0 aromatic heterocycles. The lowest BCUT2D eigenvalue weighted by atomic mass is 10.1. The maximum absolute atomic E-state index is 11.9. The Bertz CT molecular complexity index is 684. The minimum absolute atomic E-state index is 0.246. The van der Waals surface area contributed by atoms with Crippen LogP contribution in [0.25, 0.3) is 0 Å². The second-order valence-corrected chi connectivity index (χ2v) is 5.37. The number of aryl methyl sites for hydroxylation is 1. The minimum atomic E-state index is -0.246. The molecule has 0 fully saturated rings. The number of nitrogens with zero attached hydrogens (tertiary/aromatic N) is 1. The predicted molar refractivity (Wildman–Crippen MR) is 86.9 cm³/mol. The normalized spacial score (nSPS) is 10.6. The van der Waals surface area contributed by atoms with Crippen molar-refractivity contribution in [3.8, 4) is 5.75 Å². The number of carbonyl (C=O) groups is 1. The molecule has 0 unspecified atom stereocenters. The Morgan fingerprint density at radius 1 is 1.29 bits per heavy atom. The van der Waals surface area contributed by atoms with Gasteiger partial charge in [0, 0.05) is 15.6 Å². The van der Waals surface area contributed by atoms with E-state index in [0.717, 1.165) is 15.6 Å². The molecule has 0 aliphatic carbocycles. The summed E-state index contributed by atoms with van der Waals surface area (Å²) in [5.74, 6) is 0.440. The van der Waals surface area contributed by atoms with Gasteiger partial charge in [-0.2, -0.15) is 5.10 Å². The van der Waals surface area contributed by atoms with Crippen molar-refractivity contribution in [1.82, 2.24) is 5.43 Å². The van der Waals surface area contributed by atoms with Gasteiger partial charge in [0.15, 0.2) is 0 Å². The summed E-state index contributed by atoms with van der Waals surface area (Å²) in [4.78, 5) is 11.9. The molecule has 0 bridgehead atoms. The van der Waals surface area contributed by atoms with Gasteiger partial charge in [-0.15, -0.1) is 0 Å². The van der Waals surface area contributed by atoms with Crippen LogP contribution in [0.3, 0.4) is 0 Å². The molecular weight excluding hydrogens is 332 g/mol. The van der Waals surface area contributed by atoms with Gasteiger partial charge in [0.05, 0.1) is 13.3 Å².